The van der Waals surface area contributed by atoms with E-state index in [-0.39, 0.29) is 6.61 Å². The molecule has 0 atom stereocenters. The number of anilines is 1. The van der Waals surface area contributed by atoms with Gasteiger partial charge in [-0.05, 0) is 48.7 Å². The van der Waals surface area contributed by atoms with Crippen LogP contribution in [0.25, 0.3) is 10.9 Å². The van der Waals surface area contributed by atoms with E-state index < -0.39 is 5.97 Å². The van der Waals surface area contributed by atoms with Crippen LogP contribution in [-0.2, 0) is 9.53 Å². The molecule has 0 aliphatic carbocycles. The van der Waals surface area contributed by atoms with E-state index in [2.05, 4.69) is 20.5 Å². The van der Waals surface area contributed by atoms with Crippen LogP contribution in [0.1, 0.15) is 11.1 Å². The summed E-state index contributed by atoms with van der Waals surface area (Å²) in [5.74, 6) is 0.158. The van der Waals surface area contributed by atoms with Crippen molar-refractivity contribution in [3.05, 3.63) is 53.7 Å². The second kappa shape index (κ2) is 7.85. The smallest absolute Gasteiger partial charge is 0.343 e. The zero-order valence-corrected chi connectivity index (χ0v) is 15.1. The number of nitriles is 1. The molecule has 0 spiro atoms. The van der Waals surface area contributed by atoms with Crippen LogP contribution in [-0.4, -0.2) is 24.7 Å². The fraction of sp³-hybridized carbons (Fsp3) is 0.158. The van der Waals surface area contributed by atoms with E-state index in [1.165, 1.54) is 19.1 Å². The van der Waals surface area contributed by atoms with Crippen LogP contribution in [0.5, 0.6) is 5.75 Å². The molecule has 7 heteroatoms. The summed E-state index contributed by atoms with van der Waals surface area (Å²) in [7, 11) is 1.32. The maximum atomic E-state index is 11.2. The molecule has 26 heavy (non-hydrogen) atoms. The third kappa shape index (κ3) is 3.76. The maximum absolute atomic E-state index is 11.2. The first kappa shape index (κ1) is 17.7. The maximum Gasteiger partial charge on any atom is 0.343 e. The third-order valence-corrected chi connectivity index (χ3v) is 4.64. The Hall–Kier alpha value is -3.11. The molecule has 0 unspecified atom stereocenters. The van der Waals surface area contributed by atoms with Gasteiger partial charge in [-0.1, -0.05) is 12.1 Å². The van der Waals surface area contributed by atoms with Crippen molar-refractivity contribution in [2.75, 3.05) is 18.4 Å². The number of hydrogen-bond acceptors (Lipinski definition) is 6. The Balaban J connectivity index is 1.75. The van der Waals surface area contributed by atoms with E-state index in [1.54, 1.807) is 12.3 Å². The number of methoxy groups -OCH3 is 1. The number of aromatic nitrogens is 1. The molecule has 3 aromatic rings. The topological polar surface area (TPSA) is 87.1 Å². The second-order valence-electron chi connectivity index (χ2n) is 5.54. The highest BCUT2D eigenvalue weighted by molar-refractivity contribution is 8.00. The van der Waals surface area contributed by atoms with Gasteiger partial charge in [0.15, 0.2) is 6.61 Å². The van der Waals surface area contributed by atoms with Crippen molar-refractivity contribution in [2.45, 2.75) is 11.8 Å². The molecule has 0 aliphatic heterocycles. The monoisotopic (exact) mass is 367 g/mol. The lowest BCUT2D eigenvalue weighted by molar-refractivity contribution is -0.142. The summed E-state index contributed by atoms with van der Waals surface area (Å²) >= 11 is 1.42. The molecule has 6 nitrogen and oxygen atoms in total. The van der Waals surface area contributed by atoms with E-state index in [4.69, 9.17) is 4.74 Å². The normalized spacial score (nSPS) is 10.3. The molecule has 0 bridgehead atoms. The number of H-pyrrole nitrogens is 1. The van der Waals surface area contributed by atoms with Gasteiger partial charge in [0.1, 0.15) is 11.8 Å². The fourth-order valence-electron chi connectivity index (χ4n) is 2.54. The number of carbonyl (C=O) groups is 1. The summed E-state index contributed by atoms with van der Waals surface area (Å²) in [6.07, 6.45) is 1.72. The molecule has 0 amide bonds. The number of aryl methyl sites for hydroxylation is 1. The molecule has 0 fully saturated rings. The number of aromatic amines is 1. The van der Waals surface area contributed by atoms with Gasteiger partial charge in [-0.3, -0.25) is 0 Å². The molecule has 132 valence electrons. The standard InChI is InChI=1S/C19H17N3O3S/c1-12-6-7-16(19-18(12)13(9-20)10-21-19)22-26-15-5-3-4-14(8-15)25-11-17(23)24-2/h3-8,10,21-22H,11H2,1-2H3. The van der Waals surface area contributed by atoms with Crippen LogP contribution in [0.2, 0.25) is 0 Å². The fourth-order valence-corrected chi connectivity index (χ4v) is 3.26. The summed E-state index contributed by atoms with van der Waals surface area (Å²) in [5.41, 5.74) is 3.46. The highest BCUT2D eigenvalue weighted by atomic mass is 32.2. The van der Waals surface area contributed by atoms with Crippen LogP contribution in [0.4, 0.5) is 5.69 Å². The Morgan fingerprint density at radius 2 is 2.19 bits per heavy atom. The largest absolute Gasteiger partial charge is 0.482 e. The molecule has 1 heterocycles. The minimum Gasteiger partial charge on any atom is -0.482 e. The third-order valence-electron chi connectivity index (χ3n) is 3.83. The summed E-state index contributed by atoms with van der Waals surface area (Å²) in [4.78, 5) is 15.3. The first-order chi connectivity index (χ1) is 12.6. The molecule has 3 rings (SSSR count). The highest BCUT2D eigenvalue weighted by Gasteiger charge is 2.10. The molecule has 0 saturated carbocycles. The molecule has 0 saturated heterocycles. The summed E-state index contributed by atoms with van der Waals surface area (Å²) in [6.45, 7) is 1.85. The Bertz CT molecular complexity index is 991. The van der Waals surface area contributed by atoms with E-state index in [1.807, 2.05) is 37.3 Å². The number of ether oxygens (including phenoxy) is 2. The number of nitrogens with zero attached hydrogens (tertiary/aromatic N) is 1. The van der Waals surface area contributed by atoms with Gasteiger partial charge < -0.3 is 19.2 Å². The Kier molecular flexibility index (Phi) is 5.34. The minimum atomic E-state index is -0.428. The summed E-state index contributed by atoms with van der Waals surface area (Å²) < 4.78 is 13.3. The summed E-state index contributed by atoms with van der Waals surface area (Å²) in [6, 6.07) is 13.6. The Labute approximate surface area is 155 Å². The van der Waals surface area contributed by atoms with Crippen LogP contribution in [0, 0.1) is 18.3 Å². The number of benzene rings is 2. The van der Waals surface area contributed by atoms with Crippen molar-refractivity contribution < 1.29 is 14.3 Å². The van der Waals surface area contributed by atoms with Gasteiger partial charge in [-0.2, -0.15) is 5.26 Å². The van der Waals surface area contributed by atoms with Crippen LogP contribution in [0.15, 0.2) is 47.5 Å². The van der Waals surface area contributed by atoms with Crippen molar-refractivity contribution in [3.63, 3.8) is 0 Å². The van der Waals surface area contributed by atoms with Gasteiger partial charge in [0.05, 0.1) is 23.9 Å². The van der Waals surface area contributed by atoms with Gasteiger partial charge in [0.2, 0.25) is 0 Å². The second-order valence-corrected chi connectivity index (χ2v) is 6.42. The number of esters is 1. The molecule has 0 aliphatic rings. The van der Waals surface area contributed by atoms with Crippen molar-refractivity contribution in [1.82, 2.24) is 4.98 Å². The van der Waals surface area contributed by atoms with E-state index in [0.29, 0.717) is 11.3 Å². The highest BCUT2D eigenvalue weighted by Crippen LogP contribution is 2.32. The van der Waals surface area contributed by atoms with Crippen molar-refractivity contribution in [3.8, 4) is 11.8 Å². The predicted octanol–water partition coefficient (Wildman–Crippen LogP) is 4.02. The number of fused-ring (bicyclic) bond motifs is 1. The molecular weight excluding hydrogens is 350 g/mol. The Morgan fingerprint density at radius 3 is 2.96 bits per heavy atom. The number of carbonyl (C=O) groups excluding carboxylic acids is 1. The minimum absolute atomic E-state index is 0.129. The van der Waals surface area contributed by atoms with E-state index in [9.17, 15) is 10.1 Å². The lowest BCUT2D eigenvalue weighted by atomic mass is 10.1. The molecule has 2 aromatic carbocycles. The van der Waals surface area contributed by atoms with Crippen molar-refractivity contribution >= 4 is 34.5 Å². The SMILES string of the molecule is COC(=O)COc1cccc(SNc2ccc(C)c3c(C#N)c[nH]c23)c1. The van der Waals surface area contributed by atoms with Gasteiger partial charge in [-0.25, -0.2) is 4.79 Å². The van der Waals surface area contributed by atoms with E-state index in [0.717, 1.165) is 27.0 Å². The van der Waals surface area contributed by atoms with Crippen molar-refractivity contribution in [2.24, 2.45) is 0 Å². The van der Waals surface area contributed by atoms with Gasteiger partial charge in [0, 0.05) is 16.5 Å². The van der Waals surface area contributed by atoms with Crippen LogP contribution < -0.4 is 9.46 Å². The first-order valence-electron chi connectivity index (χ1n) is 7.85. The van der Waals surface area contributed by atoms with Crippen LogP contribution in [0.3, 0.4) is 0 Å². The zero-order valence-electron chi connectivity index (χ0n) is 14.3. The van der Waals surface area contributed by atoms with Gasteiger partial charge in [0.25, 0.3) is 0 Å². The number of rotatable bonds is 6. The average Bonchev–Trinajstić information content (AvgIpc) is 3.11. The lowest BCUT2D eigenvalue weighted by Crippen LogP contribution is -2.12. The summed E-state index contributed by atoms with van der Waals surface area (Å²) in [5, 5.41) is 10.2. The predicted molar refractivity (Wildman–Crippen MR) is 101 cm³/mol. The quantitative estimate of drug-likeness (QED) is 0.505. The number of hydrogen-bond donors (Lipinski definition) is 2. The Morgan fingerprint density at radius 1 is 1.35 bits per heavy atom. The van der Waals surface area contributed by atoms with Crippen LogP contribution >= 0.6 is 11.9 Å². The molecule has 0 radical (unpaired) electrons. The van der Waals surface area contributed by atoms with E-state index >= 15 is 0 Å². The molecular formula is C19H17N3O3S. The first-order valence-corrected chi connectivity index (χ1v) is 8.67. The average molecular weight is 367 g/mol. The van der Waals surface area contributed by atoms with Gasteiger partial charge >= 0.3 is 5.97 Å². The zero-order chi connectivity index (χ0) is 18.5. The number of nitrogens with one attached hydrogen (secondary N) is 2. The van der Waals surface area contributed by atoms with Crippen molar-refractivity contribution in [1.29, 1.82) is 5.26 Å². The molecule has 2 N–H and O–H groups in total. The lowest BCUT2D eigenvalue weighted by Gasteiger charge is -2.10. The molecule has 1 aromatic heterocycles. The van der Waals surface area contributed by atoms with Gasteiger partial charge in [-0.15, -0.1) is 0 Å².